The first kappa shape index (κ1) is 11.8. The summed E-state index contributed by atoms with van der Waals surface area (Å²) in [5, 5.41) is 10.1. The first-order valence-corrected chi connectivity index (χ1v) is 4.16. The zero-order chi connectivity index (χ0) is 12.1. The van der Waals surface area contributed by atoms with Crippen LogP contribution in [0.25, 0.3) is 0 Å². The molecular formula is C10H7F2NO3. The molecule has 0 saturated heterocycles. The number of halogens is 2. The van der Waals surface area contributed by atoms with Crippen LogP contribution in [-0.4, -0.2) is 17.0 Å². The van der Waals surface area contributed by atoms with E-state index in [0.29, 0.717) is 12.2 Å². The van der Waals surface area contributed by atoms with Gasteiger partial charge in [-0.1, -0.05) is 6.07 Å². The van der Waals surface area contributed by atoms with Gasteiger partial charge in [-0.25, -0.2) is 13.6 Å². The minimum absolute atomic E-state index is 0.564. The number of hydrogen-bond acceptors (Lipinski definition) is 2. The summed E-state index contributed by atoms with van der Waals surface area (Å²) < 4.78 is 26.0. The van der Waals surface area contributed by atoms with Gasteiger partial charge in [-0.15, -0.1) is 0 Å². The minimum Gasteiger partial charge on any atom is -0.478 e. The predicted molar refractivity (Wildman–Crippen MR) is 51.8 cm³/mol. The van der Waals surface area contributed by atoms with E-state index in [1.165, 1.54) is 0 Å². The van der Waals surface area contributed by atoms with Crippen molar-refractivity contribution < 1.29 is 23.5 Å². The van der Waals surface area contributed by atoms with E-state index in [1.54, 1.807) is 0 Å². The first-order chi connectivity index (χ1) is 7.50. The molecule has 0 fully saturated rings. The molecule has 0 saturated carbocycles. The maximum absolute atomic E-state index is 13.0. The van der Waals surface area contributed by atoms with Gasteiger partial charge in [0.1, 0.15) is 17.3 Å². The van der Waals surface area contributed by atoms with Crippen LogP contribution >= 0.6 is 0 Å². The van der Waals surface area contributed by atoms with Crippen LogP contribution in [0, 0.1) is 11.6 Å². The standard InChI is InChI=1S/C10H7F2NO3/c11-6-2-1-3-7(12)10(6)13-8(14)4-5-9(15)16/h1-5H,(H,13,14)(H,15,16). The van der Waals surface area contributed by atoms with Crippen molar-refractivity contribution in [3.8, 4) is 0 Å². The normalized spacial score (nSPS) is 10.4. The molecule has 2 N–H and O–H groups in total. The van der Waals surface area contributed by atoms with Gasteiger partial charge < -0.3 is 10.4 Å². The monoisotopic (exact) mass is 227 g/mol. The Morgan fingerprint density at radius 1 is 1.19 bits per heavy atom. The third kappa shape index (κ3) is 3.16. The Kier molecular flexibility index (Phi) is 3.71. The Morgan fingerprint density at radius 2 is 1.75 bits per heavy atom. The molecule has 16 heavy (non-hydrogen) atoms. The van der Waals surface area contributed by atoms with Crippen LogP contribution in [0.2, 0.25) is 0 Å². The molecule has 4 nitrogen and oxygen atoms in total. The van der Waals surface area contributed by atoms with Gasteiger partial charge in [0.05, 0.1) is 0 Å². The number of amides is 1. The number of carbonyl (C=O) groups is 2. The van der Waals surface area contributed by atoms with Gasteiger partial charge >= 0.3 is 5.97 Å². The summed E-state index contributed by atoms with van der Waals surface area (Å²) in [5.74, 6) is -4.12. The van der Waals surface area contributed by atoms with Gasteiger partial charge in [-0.3, -0.25) is 4.79 Å². The lowest BCUT2D eigenvalue weighted by molar-refractivity contribution is -0.131. The number of hydrogen-bond donors (Lipinski definition) is 2. The van der Waals surface area contributed by atoms with Crippen LogP contribution in [0.4, 0.5) is 14.5 Å². The molecule has 0 aromatic heterocycles. The van der Waals surface area contributed by atoms with Gasteiger partial charge in [0.15, 0.2) is 0 Å². The lowest BCUT2D eigenvalue weighted by Crippen LogP contribution is -2.11. The van der Waals surface area contributed by atoms with Gasteiger partial charge in [0.25, 0.3) is 0 Å². The molecule has 1 aromatic rings. The van der Waals surface area contributed by atoms with Crippen molar-refractivity contribution in [1.29, 1.82) is 0 Å². The summed E-state index contributed by atoms with van der Waals surface area (Å²) in [5.41, 5.74) is -0.609. The highest BCUT2D eigenvalue weighted by atomic mass is 19.1. The smallest absolute Gasteiger partial charge is 0.328 e. The molecule has 1 rings (SSSR count). The Bertz CT molecular complexity index is 437. The number of carbonyl (C=O) groups excluding carboxylic acids is 1. The maximum Gasteiger partial charge on any atom is 0.328 e. The molecule has 0 unspecified atom stereocenters. The highest BCUT2D eigenvalue weighted by molar-refractivity contribution is 6.02. The van der Waals surface area contributed by atoms with E-state index in [9.17, 15) is 18.4 Å². The average Bonchev–Trinajstić information content (AvgIpc) is 2.21. The topological polar surface area (TPSA) is 66.4 Å². The number of para-hydroxylation sites is 1. The van der Waals surface area contributed by atoms with Gasteiger partial charge in [0, 0.05) is 12.2 Å². The van der Waals surface area contributed by atoms with Crippen LogP contribution in [0.1, 0.15) is 0 Å². The largest absolute Gasteiger partial charge is 0.478 e. The van der Waals surface area contributed by atoms with E-state index in [-0.39, 0.29) is 0 Å². The molecule has 1 aromatic carbocycles. The van der Waals surface area contributed by atoms with Crippen molar-refractivity contribution in [3.05, 3.63) is 42.0 Å². The lowest BCUT2D eigenvalue weighted by Gasteiger charge is -2.04. The van der Waals surface area contributed by atoms with E-state index >= 15 is 0 Å². The molecule has 0 heterocycles. The summed E-state index contributed by atoms with van der Waals surface area (Å²) in [6, 6.07) is 3.09. The summed E-state index contributed by atoms with van der Waals surface area (Å²) in [7, 11) is 0. The second-order valence-corrected chi connectivity index (χ2v) is 2.76. The molecule has 1 amide bonds. The van der Waals surface area contributed by atoms with Gasteiger partial charge in [-0.05, 0) is 12.1 Å². The summed E-state index contributed by atoms with van der Waals surface area (Å²) in [6.45, 7) is 0. The number of nitrogens with one attached hydrogen (secondary N) is 1. The van der Waals surface area contributed by atoms with Crippen molar-refractivity contribution >= 4 is 17.6 Å². The van der Waals surface area contributed by atoms with E-state index in [4.69, 9.17) is 5.11 Å². The molecule has 84 valence electrons. The lowest BCUT2D eigenvalue weighted by atomic mass is 10.3. The highest BCUT2D eigenvalue weighted by Crippen LogP contribution is 2.17. The zero-order valence-corrected chi connectivity index (χ0v) is 7.91. The highest BCUT2D eigenvalue weighted by Gasteiger charge is 2.09. The predicted octanol–water partition coefficient (Wildman–Crippen LogP) is 1.54. The molecule has 0 radical (unpaired) electrons. The number of benzene rings is 1. The fourth-order valence-corrected chi connectivity index (χ4v) is 0.929. The molecule has 0 aliphatic carbocycles. The summed E-state index contributed by atoms with van der Waals surface area (Å²) >= 11 is 0. The number of carboxylic acid groups (broad SMARTS) is 1. The molecule has 0 atom stereocenters. The Balaban J connectivity index is 2.81. The maximum atomic E-state index is 13.0. The van der Waals surface area contributed by atoms with E-state index < -0.39 is 29.2 Å². The average molecular weight is 227 g/mol. The second kappa shape index (κ2) is 5.01. The number of anilines is 1. The van der Waals surface area contributed by atoms with Crippen LogP contribution < -0.4 is 5.32 Å². The van der Waals surface area contributed by atoms with Crippen molar-refractivity contribution in [1.82, 2.24) is 0 Å². The van der Waals surface area contributed by atoms with Crippen molar-refractivity contribution in [2.45, 2.75) is 0 Å². The van der Waals surface area contributed by atoms with Crippen LogP contribution in [-0.2, 0) is 9.59 Å². The molecule has 6 heteroatoms. The van der Waals surface area contributed by atoms with Crippen molar-refractivity contribution in [2.24, 2.45) is 0 Å². The molecule has 0 aliphatic rings. The fraction of sp³-hybridized carbons (Fsp3) is 0. The number of aliphatic carboxylic acids is 1. The minimum atomic E-state index is -1.33. The van der Waals surface area contributed by atoms with E-state index in [0.717, 1.165) is 18.2 Å². The summed E-state index contributed by atoms with van der Waals surface area (Å²) in [4.78, 5) is 21.1. The van der Waals surface area contributed by atoms with Gasteiger partial charge in [-0.2, -0.15) is 0 Å². The number of carboxylic acids is 1. The third-order valence-electron chi connectivity index (χ3n) is 1.59. The van der Waals surface area contributed by atoms with Gasteiger partial charge in [0.2, 0.25) is 5.91 Å². The fourth-order valence-electron chi connectivity index (χ4n) is 0.929. The quantitative estimate of drug-likeness (QED) is 0.770. The van der Waals surface area contributed by atoms with Crippen molar-refractivity contribution in [2.75, 3.05) is 5.32 Å². The molecular weight excluding hydrogens is 220 g/mol. The molecule has 0 spiro atoms. The van der Waals surface area contributed by atoms with Crippen LogP contribution in [0.3, 0.4) is 0 Å². The Labute approximate surface area is 89.2 Å². The summed E-state index contributed by atoms with van der Waals surface area (Å²) in [6.07, 6.45) is 1.22. The third-order valence-corrected chi connectivity index (χ3v) is 1.59. The molecule has 0 aliphatic heterocycles. The SMILES string of the molecule is O=C(O)C=CC(=O)Nc1c(F)cccc1F. The zero-order valence-electron chi connectivity index (χ0n) is 7.91. The van der Waals surface area contributed by atoms with Crippen molar-refractivity contribution in [3.63, 3.8) is 0 Å². The Morgan fingerprint density at radius 3 is 2.25 bits per heavy atom. The van der Waals surface area contributed by atoms with Crippen LogP contribution in [0.5, 0.6) is 0 Å². The van der Waals surface area contributed by atoms with E-state index in [2.05, 4.69) is 0 Å². The Hall–Kier alpha value is -2.24. The number of rotatable bonds is 3. The molecule has 0 bridgehead atoms. The first-order valence-electron chi connectivity index (χ1n) is 4.16. The van der Waals surface area contributed by atoms with Crippen LogP contribution in [0.15, 0.2) is 30.4 Å². The second-order valence-electron chi connectivity index (χ2n) is 2.76. The van der Waals surface area contributed by atoms with E-state index in [1.807, 2.05) is 5.32 Å².